The molecule has 0 spiro atoms. The molecule has 1 heterocycles. The van der Waals surface area contributed by atoms with Crippen molar-refractivity contribution < 1.29 is 4.79 Å². The zero-order valence-electron chi connectivity index (χ0n) is 12.0. The third-order valence-electron chi connectivity index (χ3n) is 3.05. The van der Waals surface area contributed by atoms with Crippen LogP contribution in [0.3, 0.4) is 0 Å². The lowest BCUT2D eigenvalue weighted by molar-refractivity contribution is 0.101. The van der Waals surface area contributed by atoms with Gasteiger partial charge in [0.25, 0.3) is 5.91 Å². The van der Waals surface area contributed by atoms with Gasteiger partial charge in [-0.2, -0.15) is 0 Å². The topological polar surface area (TPSA) is 60.0 Å². The van der Waals surface area contributed by atoms with E-state index in [9.17, 15) is 4.79 Å². The van der Waals surface area contributed by atoms with Gasteiger partial charge in [0, 0.05) is 28.9 Å². The Labute approximate surface area is 139 Å². The van der Waals surface area contributed by atoms with Crippen molar-refractivity contribution in [3.05, 3.63) is 52.3 Å². The van der Waals surface area contributed by atoms with Gasteiger partial charge in [-0.15, -0.1) is 12.4 Å². The smallest absolute Gasteiger partial charge is 0.272 e. The highest BCUT2D eigenvalue weighted by Crippen LogP contribution is 2.20. The number of halogens is 2. The summed E-state index contributed by atoms with van der Waals surface area (Å²) >= 11 is 3.41. The molecule has 0 bridgehead atoms. The van der Waals surface area contributed by atoms with Crippen molar-refractivity contribution in [2.45, 2.75) is 26.4 Å². The van der Waals surface area contributed by atoms with E-state index in [1.54, 1.807) is 0 Å². The molecular formula is C15H19BrClN3O. The molecule has 21 heavy (non-hydrogen) atoms. The van der Waals surface area contributed by atoms with Crippen LogP contribution < -0.4 is 11.1 Å². The van der Waals surface area contributed by atoms with Gasteiger partial charge in [-0.1, -0.05) is 12.1 Å². The molecule has 0 atom stereocenters. The third kappa shape index (κ3) is 4.33. The SMILES string of the molecule is CC(C)n1cc(Br)cc1C(=O)Nc1ccc(CN)cc1.Cl. The highest BCUT2D eigenvalue weighted by atomic mass is 79.9. The summed E-state index contributed by atoms with van der Waals surface area (Å²) in [5.41, 5.74) is 7.99. The second-order valence-corrected chi connectivity index (χ2v) is 5.82. The van der Waals surface area contributed by atoms with Gasteiger partial charge in [0.1, 0.15) is 5.69 Å². The van der Waals surface area contributed by atoms with Crippen LogP contribution >= 0.6 is 28.3 Å². The Balaban J connectivity index is 0.00000220. The number of aromatic nitrogens is 1. The molecule has 6 heteroatoms. The van der Waals surface area contributed by atoms with Crippen molar-refractivity contribution in [1.82, 2.24) is 4.57 Å². The number of nitrogens with zero attached hydrogens (tertiary/aromatic N) is 1. The van der Waals surface area contributed by atoms with Crippen molar-refractivity contribution >= 4 is 39.9 Å². The Morgan fingerprint density at radius 2 is 1.95 bits per heavy atom. The van der Waals surface area contributed by atoms with Gasteiger partial charge in [0.15, 0.2) is 0 Å². The average Bonchev–Trinajstić information content (AvgIpc) is 2.82. The number of benzene rings is 1. The number of carbonyl (C=O) groups excluding carboxylic acids is 1. The highest BCUT2D eigenvalue weighted by Gasteiger charge is 2.15. The van der Waals surface area contributed by atoms with Crippen LogP contribution in [0.4, 0.5) is 5.69 Å². The van der Waals surface area contributed by atoms with E-state index in [1.165, 1.54) is 0 Å². The summed E-state index contributed by atoms with van der Waals surface area (Å²) in [5.74, 6) is -0.120. The Hall–Kier alpha value is -1.30. The number of hydrogen-bond acceptors (Lipinski definition) is 2. The summed E-state index contributed by atoms with van der Waals surface area (Å²) in [6.07, 6.45) is 1.91. The average molecular weight is 373 g/mol. The number of carbonyl (C=O) groups is 1. The summed E-state index contributed by atoms with van der Waals surface area (Å²) in [4.78, 5) is 12.3. The molecular weight excluding hydrogens is 354 g/mol. The minimum Gasteiger partial charge on any atom is -0.340 e. The van der Waals surface area contributed by atoms with Crippen LogP contribution in [-0.2, 0) is 6.54 Å². The molecule has 1 aromatic carbocycles. The van der Waals surface area contributed by atoms with E-state index in [1.807, 2.05) is 54.9 Å². The van der Waals surface area contributed by atoms with Gasteiger partial charge < -0.3 is 15.6 Å². The molecule has 0 fully saturated rings. The molecule has 0 unspecified atom stereocenters. The van der Waals surface area contributed by atoms with E-state index in [0.717, 1.165) is 15.7 Å². The summed E-state index contributed by atoms with van der Waals surface area (Å²) in [6.45, 7) is 4.58. The zero-order valence-corrected chi connectivity index (χ0v) is 14.4. The molecule has 0 saturated heterocycles. The van der Waals surface area contributed by atoms with E-state index < -0.39 is 0 Å². The van der Waals surface area contributed by atoms with E-state index in [0.29, 0.717) is 12.2 Å². The molecule has 2 aromatic rings. The molecule has 1 amide bonds. The number of nitrogens with two attached hydrogens (primary N) is 1. The van der Waals surface area contributed by atoms with E-state index in [-0.39, 0.29) is 24.4 Å². The molecule has 4 nitrogen and oxygen atoms in total. The molecule has 0 aliphatic heterocycles. The van der Waals surface area contributed by atoms with Gasteiger partial charge in [-0.25, -0.2) is 0 Å². The van der Waals surface area contributed by atoms with Gasteiger partial charge in [0.2, 0.25) is 0 Å². The van der Waals surface area contributed by atoms with E-state index in [4.69, 9.17) is 5.73 Å². The lowest BCUT2D eigenvalue weighted by Crippen LogP contribution is -2.17. The molecule has 3 N–H and O–H groups in total. The van der Waals surface area contributed by atoms with Crippen LogP contribution in [0.2, 0.25) is 0 Å². The standard InChI is InChI=1S/C15H18BrN3O.ClH/c1-10(2)19-9-12(16)7-14(19)15(20)18-13-5-3-11(8-17)4-6-13;/h3-7,9-10H,8,17H2,1-2H3,(H,18,20);1H. The zero-order chi connectivity index (χ0) is 14.7. The van der Waals surface area contributed by atoms with Gasteiger partial charge in [0.05, 0.1) is 0 Å². The van der Waals surface area contributed by atoms with Crippen LogP contribution in [0.15, 0.2) is 41.0 Å². The van der Waals surface area contributed by atoms with E-state index >= 15 is 0 Å². The summed E-state index contributed by atoms with van der Waals surface area (Å²) in [5, 5.41) is 2.90. The molecule has 1 aromatic heterocycles. The quantitative estimate of drug-likeness (QED) is 0.853. The monoisotopic (exact) mass is 371 g/mol. The molecule has 0 aliphatic carbocycles. The fraction of sp³-hybridized carbons (Fsp3) is 0.267. The maximum atomic E-state index is 12.3. The molecule has 2 rings (SSSR count). The van der Waals surface area contributed by atoms with E-state index in [2.05, 4.69) is 21.2 Å². The van der Waals surface area contributed by atoms with Crippen molar-refractivity contribution in [2.24, 2.45) is 5.73 Å². The summed E-state index contributed by atoms with van der Waals surface area (Å²) < 4.78 is 2.84. The number of amides is 1. The Kier molecular flexibility index (Phi) is 6.45. The van der Waals surface area contributed by atoms with Crippen LogP contribution in [0, 0.1) is 0 Å². The van der Waals surface area contributed by atoms with Gasteiger partial charge in [-0.05, 0) is 53.5 Å². The Morgan fingerprint density at radius 1 is 1.33 bits per heavy atom. The lowest BCUT2D eigenvalue weighted by Gasteiger charge is -2.12. The molecule has 0 aliphatic rings. The van der Waals surface area contributed by atoms with Crippen molar-refractivity contribution in [3.8, 4) is 0 Å². The van der Waals surface area contributed by atoms with Crippen LogP contribution in [0.5, 0.6) is 0 Å². The van der Waals surface area contributed by atoms with Crippen molar-refractivity contribution in [2.75, 3.05) is 5.32 Å². The first kappa shape index (κ1) is 17.8. The molecule has 114 valence electrons. The first-order valence-electron chi connectivity index (χ1n) is 6.49. The summed E-state index contributed by atoms with van der Waals surface area (Å²) in [6, 6.07) is 9.58. The first-order chi connectivity index (χ1) is 9.51. The van der Waals surface area contributed by atoms with Gasteiger partial charge >= 0.3 is 0 Å². The minimum atomic E-state index is -0.120. The fourth-order valence-corrected chi connectivity index (χ4v) is 2.41. The largest absolute Gasteiger partial charge is 0.340 e. The second-order valence-electron chi connectivity index (χ2n) is 4.90. The molecule has 0 radical (unpaired) electrons. The van der Waals surface area contributed by atoms with Crippen LogP contribution in [0.25, 0.3) is 0 Å². The number of rotatable bonds is 4. The van der Waals surface area contributed by atoms with Gasteiger partial charge in [-0.3, -0.25) is 4.79 Å². The number of anilines is 1. The molecule has 0 saturated carbocycles. The lowest BCUT2D eigenvalue weighted by atomic mass is 10.2. The first-order valence-corrected chi connectivity index (χ1v) is 7.28. The number of hydrogen-bond donors (Lipinski definition) is 2. The predicted molar refractivity (Wildman–Crippen MR) is 92.1 cm³/mol. The maximum absolute atomic E-state index is 12.3. The third-order valence-corrected chi connectivity index (χ3v) is 3.49. The summed E-state index contributed by atoms with van der Waals surface area (Å²) in [7, 11) is 0. The number of nitrogens with one attached hydrogen (secondary N) is 1. The van der Waals surface area contributed by atoms with Crippen molar-refractivity contribution in [3.63, 3.8) is 0 Å². The van der Waals surface area contributed by atoms with Crippen LogP contribution in [0.1, 0.15) is 35.9 Å². The second kappa shape index (κ2) is 7.64. The maximum Gasteiger partial charge on any atom is 0.272 e. The fourth-order valence-electron chi connectivity index (χ4n) is 1.97. The normalized spacial score (nSPS) is 10.3. The Bertz CT molecular complexity index is 608. The van der Waals surface area contributed by atoms with Crippen molar-refractivity contribution in [1.29, 1.82) is 0 Å². The van der Waals surface area contributed by atoms with Crippen LogP contribution in [-0.4, -0.2) is 10.5 Å². The highest BCUT2D eigenvalue weighted by molar-refractivity contribution is 9.10. The minimum absolute atomic E-state index is 0. The Morgan fingerprint density at radius 3 is 2.48 bits per heavy atom. The predicted octanol–water partition coefficient (Wildman–Crippen LogP) is 3.96.